The lowest BCUT2D eigenvalue weighted by Gasteiger charge is -2.23. The van der Waals surface area contributed by atoms with E-state index in [0.717, 1.165) is 25.6 Å². The average Bonchev–Trinajstić information content (AvgIpc) is 2.99. The van der Waals surface area contributed by atoms with Gasteiger partial charge in [-0.1, -0.05) is 51.9 Å². The first-order chi connectivity index (χ1) is 10.4. The average molecular weight is 291 g/mol. The monoisotopic (exact) mass is 291 g/mol. The normalized spacial score (nSPS) is 16.4. The Morgan fingerprint density at radius 2 is 1.71 bits per heavy atom. The van der Waals surface area contributed by atoms with E-state index >= 15 is 0 Å². The lowest BCUT2D eigenvalue weighted by Crippen LogP contribution is -2.27. The quantitative estimate of drug-likeness (QED) is 0.644. The van der Waals surface area contributed by atoms with Crippen LogP contribution in [0.25, 0.3) is 0 Å². The van der Waals surface area contributed by atoms with Crippen molar-refractivity contribution in [2.45, 2.75) is 83.6 Å². The van der Waals surface area contributed by atoms with Crippen LogP contribution in [0.15, 0.2) is 12.5 Å². The van der Waals surface area contributed by atoms with E-state index in [4.69, 9.17) is 0 Å². The zero-order valence-electron chi connectivity index (χ0n) is 13.8. The van der Waals surface area contributed by atoms with Gasteiger partial charge in [-0.15, -0.1) is 0 Å². The number of unbranched alkanes of at least 4 members (excludes halogenated alkanes) is 7. The van der Waals surface area contributed by atoms with Crippen molar-refractivity contribution in [1.29, 1.82) is 0 Å². The summed E-state index contributed by atoms with van der Waals surface area (Å²) >= 11 is 0. The Bertz CT molecular complexity index is 366. The third-order valence-electron chi connectivity index (χ3n) is 4.75. The number of aryl methyl sites for hydroxylation is 1. The summed E-state index contributed by atoms with van der Waals surface area (Å²) in [5, 5.41) is 3.45. The zero-order valence-corrected chi connectivity index (χ0v) is 13.8. The first kappa shape index (κ1) is 16.5. The highest BCUT2D eigenvalue weighted by Gasteiger charge is 2.18. The Morgan fingerprint density at radius 3 is 2.43 bits per heavy atom. The van der Waals surface area contributed by atoms with Crippen LogP contribution in [0.2, 0.25) is 0 Å². The molecule has 1 fully saturated rings. The summed E-state index contributed by atoms with van der Waals surface area (Å²) in [5.74, 6) is 0.725. The summed E-state index contributed by atoms with van der Waals surface area (Å²) < 4.78 is 2.41. The second-order valence-electron chi connectivity index (χ2n) is 6.51. The van der Waals surface area contributed by atoms with Gasteiger partial charge < -0.3 is 9.88 Å². The van der Waals surface area contributed by atoms with Crippen molar-refractivity contribution in [3.63, 3.8) is 0 Å². The molecule has 0 spiro atoms. The van der Waals surface area contributed by atoms with Crippen molar-refractivity contribution >= 4 is 0 Å². The Kier molecular flexibility index (Phi) is 7.87. The van der Waals surface area contributed by atoms with Crippen molar-refractivity contribution in [2.24, 2.45) is 0 Å². The third kappa shape index (κ3) is 5.82. The molecule has 3 nitrogen and oxygen atoms in total. The van der Waals surface area contributed by atoms with E-state index < -0.39 is 0 Å². The second kappa shape index (κ2) is 9.99. The minimum atomic E-state index is 0.725. The fraction of sp³-hybridized carbons (Fsp3) is 0.833. The third-order valence-corrected chi connectivity index (χ3v) is 4.75. The predicted molar refractivity (Wildman–Crippen MR) is 89.7 cm³/mol. The minimum absolute atomic E-state index is 0.725. The molecule has 1 aliphatic rings. The van der Waals surface area contributed by atoms with Gasteiger partial charge in [0.15, 0.2) is 0 Å². The first-order valence-corrected chi connectivity index (χ1v) is 9.12. The lowest BCUT2D eigenvalue weighted by molar-refractivity contribution is 0.434. The maximum atomic E-state index is 4.39. The van der Waals surface area contributed by atoms with Gasteiger partial charge in [-0.3, -0.25) is 0 Å². The van der Waals surface area contributed by atoms with Crippen LogP contribution < -0.4 is 5.32 Å². The SMILES string of the molecule is CCCCCCCCCCn1cncc1C1CCNCC1. The van der Waals surface area contributed by atoms with Crippen molar-refractivity contribution in [2.75, 3.05) is 13.1 Å². The fourth-order valence-electron chi connectivity index (χ4n) is 3.39. The molecule has 0 saturated carbocycles. The summed E-state index contributed by atoms with van der Waals surface area (Å²) in [5.41, 5.74) is 1.47. The number of hydrogen-bond donors (Lipinski definition) is 1. The number of imidazole rings is 1. The summed E-state index contributed by atoms with van der Waals surface area (Å²) in [6.07, 6.45) is 17.8. The zero-order chi connectivity index (χ0) is 14.8. The maximum absolute atomic E-state index is 4.39. The molecule has 0 atom stereocenters. The highest BCUT2D eigenvalue weighted by molar-refractivity contribution is 5.07. The van der Waals surface area contributed by atoms with Gasteiger partial charge >= 0.3 is 0 Å². The molecule has 0 radical (unpaired) electrons. The maximum Gasteiger partial charge on any atom is 0.0948 e. The van der Waals surface area contributed by atoms with Gasteiger partial charge in [-0.25, -0.2) is 4.98 Å². The molecule has 0 aromatic carbocycles. The molecular weight excluding hydrogens is 258 g/mol. The van der Waals surface area contributed by atoms with Crippen LogP contribution in [0.1, 0.15) is 82.7 Å². The van der Waals surface area contributed by atoms with E-state index in [1.54, 1.807) is 0 Å². The fourth-order valence-corrected chi connectivity index (χ4v) is 3.39. The largest absolute Gasteiger partial charge is 0.334 e. The molecule has 0 amide bonds. The van der Waals surface area contributed by atoms with E-state index in [1.807, 2.05) is 6.33 Å². The summed E-state index contributed by atoms with van der Waals surface area (Å²) in [4.78, 5) is 4.39. The van der Waals surface area contributed by atoms with Gasteiger partial charge in [0.2, 0.25) is 0 Å². The smallest absolute Gasteiger partial charge is 0.0948 e. The van der Waals surface area contributed by atoms with Crippen molar-refractivity contribution < 1.29 is 0 Å². The lowest BCUT2D eigenvalue weighted by atomic mass is 9.95. The number of nitrogens with one attached hydrogen (secondary N) is 1. The number of hydrogen-bond acceptors (Lipinski definition) is 2. The first-order valence-electron chi connectivity index (χ1n) is 9.12. The van der Waals surface area contributed by atoms with Crippen LogP contribution in [-0.2, 0) is 6.54 Å². The number of piperidine rings is 1. The molecule has 0 unspecified atom stereocenters. The topological polar surface area (TPSA) is 29.9 Å². The van der Waals surface area contributed by atoms with Gasteiger partial charge in [-0.2, -0.15) is 0 Å². The minimum Gasteiger partial charge on any atom is -0.334 e. The molecular formula is C18H33N3. The standard InChI is InChI=1S/C18H33N3/c1-2-3-4-5-6-7-8-9-14-21-16-20-15-18(21)17-10-12-19-13-11-17/h15-17,19H,2-14H2,1H3. The van der Waals surface area contributed by atoms with Gasteiger partial charge in [0, 0.05) is 24.4 Å². The van der Waals surface area contributed by atoms with E-state index in [2.05, 4.69) is 28.0 Å². The number of rotatable bonds is 10. The Hall–Kier alpha value is -0.830. The van der Waals surface area contributed by atoms with Gasteiger partial charge in [0.1, 0.15) is 0 Å². The van der Waals surface area contributed by atoms with Crippen LogP contribution in [0, 0.1) is 0 Å². The highest BCUT2D eigenvalue weighted by Crippen LogP contribution is 2.25. The molecule has 3 heteroatoms. The van der Waals surface area contributed by atoms with E-state index in [0.29, 0.717) is 0 Å². The molecule has 0 bridgehead atoms. The Morgan fingerprint density at radius 1 is 1.05 bits per heavy atom. The van der Waals surface area contributed by atoms with Crippen LogP contribution in [-0.4, -0.2) is 22.6 Å². The highest BCUT2D eigenvalue weighted by atomic mass is 15.0. The van der Waals surface area contributed by atoms with E-state index in [9.17, 15) is 0 Å². The van der Waals surface area contributed by atoms with Crippen molar-refractivity contribution in [3.8, 4) is 0 Å². The van der Waals surface area contributed by atoms with Crippen LogP contribution in [0.5, 0.6) is 0 Å². The predicted octanol–water partition coefficient (Wildman–Crippen LogP) is 4.49. The molecule has 0 aliphatic carbocycles. The molecule has 21 heavy (non-hydrogen) atoms. The molecule has 2 heterocycles. The van der Waals surface area contributed by atoms with Gasteiger partial charge in [0.05, 0.1) is 6.33 Å². The molecule has 2 rings (SSSR count). The number of nitrogens with zero attached hydrogens (tertiary/aromatic N) is 2. The van der Waals surface area contributed by atoms with Crippen molar-refractivity contribution in [3.05, 3.63) is 18.2 Å². The molecule has 1 aromatic heterocycles. The number of aromatic nitrogens is 2. The summed E-state index contributed by atoms with van der Waals surface area (Å²) in [6, 6.07) is 0. The van der Waals surface area contributed by atoms with E-state index in [1.165, 1.54) is 69.9 Å². The summed E-state index contributed by atoms with van der Waals surface area (Å²) in [6.45, 7) is 5.76. The van der Waals surface area contributed by atoms with Crippen LogP contribution in [0.4, 0.5) is 0 Å². The Balaban J connectivity index is 1.61. The van der Waals surface area contributed by atoms with Crippen LogP contribution >= 0.6 is 0 Å². The molecule has 1 aromatic rings. The van der Waals surface area contributed by atoms with Gasteiger partial charge in [0.25, 0.3) is 0 Å². The van der Waals surface area contributed by atoms with E-state index in [-0.39, 0.29) is 0 Å². The Labute approximate surface area is 130 Å². The molecule has 1 saturated heterocycles. The molecule has 1 aliphatic heterocycles. The molecule has 1 N–H and O–H groups in total. The second-order valence-corrected chi connectivity index (χ2v) is 6.51. The summed E-state index contributed by atoms with van der Waals surface area (Å²) in [7, 11) is 0. The van der Waals surface area contributed by atoms with Crippen LogP contribution in [0.3, 0.4) is 0 Å². The van der Waals surface area contributed by atoms with Crippen molar-refractivity contribution in [1.82, 2.24) is 14.9 Å². The molecule has 120 valence electrons. The van der Waals surface area contributed by atoms with Gasteiger partial charge in [-0.05, 0) is 32.4 Å².